The summed E-state index contributed by atoms with van der Waals surface area (Å²) < 4.78 is 13.5. The van der Waals surface area contributed by atoms with Crippen LogP contribution in [0.1, 0.15) is 19.4 Å². The topological polar surface area (TPSA) is 18.5 Å². The van der Waals surface area contributed by atoms with E-state index in [2.05, 4.69) is 29.0 Å². The van der Waals surface area contributed by atoms with Crippen LogP contribution >= 0.6 is 0 Å². The Morgan fingerprint density at radius 2 is 1.95 bits per heavy atom. The van der Waals surface area contributed by atoms with E-state index < -0.39 is 0 Å². The number of nitrogens with one attached hydrogen (secondary N) is 1. The molecule has 1 saturated heterocycles. The summed E-state index contributed by atoms with van der Waals surface area (Å²) in [5, 5.41) is 3.40. The third-order valence-corrected chi connectivity index (χ3v) is 4.59. The summed E-state index contributed by atoms with van der Waals surface area (Å²) >= 11 is 0. The predicted octanol–water partition coefficient (Wildman–Crippen LogP) is 1.87. The number of hydrogen-bond donors (Lipinski definition) is 1. The highest BCUT2D eigenvalue weighted by Gasteiger charge is 2.32. The second-order valence-corrected chi connectivity index (χ2v) is 6.49. The molecule has 1 aromatic carbocycles. The van der Waals surface area contributed by atoms with Gasteiger partial charge in [-0.15, -0.1) is 0 Å². The number of benzene rings is 1. The molecule has 1 fully saturated rings. The van der Waals surface area contributed by atoms with Crippen molar-refractivity contribution in [2.45, 2.75) is 25.8 Å². The van der Waals surface area contributed by atoms with Crippen molar-refractivity contribution in [3.63, 3.8) is 0 Å². The van der Waals surface area contributed by atoms with E-state index in [1.807, 2.05) is 6.07 Å². The summed E-state index contributed by atoms with van der Waals surface area (Å²) in [7, 11) is 0. The smallest absolute Gasteiger partial charge is 0.125 e. The first-order chi connectivity index (χ1) is 9.56. The monoisotopic (exact) mass is 277 g/mol. The Morgan fingerprint density at radius 1 is 1.20 bits per heavy atom. The lowest BCUT2D eigenvalue weighted by Crippen LogP contribution is -2.57. The van der Waals surface area contributed by atoms with Gasteiger partial charge >= 0.3 is 0 Å². The Labute approximate surface area is 120 Å². The van der Waals surface area contributed by atoms with E-state index in [0.29, 0.717) is 0 Å². The largest absolute Gasteiger partial charge is 0.369 e. The van der Waals surface area contributed by atoms with E-state index in [1.54, 1.807) is 12.1 Å². The van der Waals surface area contributed by atoms with Crippen LogP contribution in [0.5, 0.6) is 0 Å². The zero-order valence-electron chi connectivity index (χ0n) is 12.5. The lowest BCUT2D eigenvalue weighted by atomic mass is 10.0. The molecule has 3 nitrogen and oxygen atoms in total. The zero-order valence-corrected chi connectivity index (χ0v) is 12.5. The SMILES string of the molecule is CC(C)(CN1CCc2ccc(F)cc21)N1CCNCC1. The molecular formula is C16H24FN3. The summed E-state index contributed by atoms with van der Waals surface area (Å²) in [6, 6.07) is 5.20. The minimum absolute atomic E-state index is 0.121. The van der Waals surface area contributed by atoms with Gasteiger partial charge in [0.05, 0.1) is 0 Å². The van der Waals surface area contributed by atoms with Crippen LogP contribution in [0, 0.1) is 5.82 Å². The number of nitrogens with zero attached hydrogens (tertiary/aromatic N) is 2. The van der Waals surface area contributed by atoms with Gasteiger partial charge in [-0.1, -0.05) is 6.07 Å². The summed E-state index contributed by atoms with van der Waals surface area (Å²) in [5.41, 5.74) is 2.49. The van der Waals surface area contributed by atoms with E-state index in [4.69, 9.17) is 0 Å². The van der Waals surface area contributed by atoms with Gasteiger partial charge in [0.15, 0.2) is 0 Å². The van der Waals surface area contributed by atoms with Gasteiger partial charge in [-0.3, -0.25) is 4.90 Å². The fraction of sp³-hybridized carbons (Fsp3) is 0.625. The van der Waals surface area contributed by atoms with Gasteiger partial charge in [0, 0.05) is 50.5 Å². The third kappa shape index (κ3) is 2.67. The van der Waals surface area contributed by atoms with Gasteiger partial charge in [0.2, 0.25) is 0 Å². The zero-order chi connectivity index (χ0) is 14.2. The Kier molecular flexibility index (Phi) is 3.69. The van der Waals surface area contributed by atoms with E-state index >= 15 is 0 Å². The van der Waals surface area contributed by atoms with E-state index in [9.17, 15) is 4.39 Å². The summed E-state index contributed by atoms with van der Waals surface area (Å²) in [4.78, 5) is 4.89. The van der Waals surface area contributed by atoms with Gasteiger partial charge in [0.25, 0.3) is 0 Å². The minimum Gasteiger partial charge on any atom is -0.369 e. The molecule has 0 unspecified atom stereocenters. The number of halogens is 1. The number of rotatable bonds is 3. The molecule has 0 aromatic heterocycles. The normalized spacial score (nSPS) is 20.2. The average Bonchev–Trinajstić information content (AvgIpc) is 2.82. The molecule has 1 N–H and O–H groups in total. The van der Waals surface area contributed by atoms with Crippen molar-refractivity contribution in [2.24, 2.45) is 0 Å². The quantitative estimate of drug-likeness (QED) is 0.910. The number of fused-ring (bicyclic) bond motifs is 1. The van der Waals surface area contributed by atoms with Crippen LogP contribution < -0.4 is 10.2 Å². The summed E-state index contributed by atoms with van der Waals surface area (Å²) in [6.45, 7) is 10.9. The van der Waals surface area contributed by atoms with Crippen molar-refractivity contribution in [3.05, 3.63) is 29.6 Å². The summed E-state index contributed by atoms with van der Waals surface area (Å²) in [6.07, 6.45) is 1.03. The fourth-order valence-electron chi connectivity index (χ4n) is 3.42. The van der Waals surface area contributed by atoms with Gasteiger partial charge in [0.1, 0.15) is 5.82 Å². The van der Waals surface area contributed by atoms with Gasteiger partial charge in [-0.2, -0.15) is 0 Å². The first-order valence-corrected chi connectivity index (χ1v) is 7.55. The standard InChI is InChI=1S/C16H24FN3/c1-16(2,20-9-6-18-7-10-20)12-19-8-5-13-3-4-14(17)11-15(13)19/h3-4,11,18H,5-10,12H2,1-2H3. The molecule has 110 valence electrons. The third-order valence-electron chi connectivity index (χ3n) is 4.59. The van der Waals surface area contributed by atoms with Crippen LogP contribution in [0.4, 0.5) is 10.1 Å². The molecule has 0 spiro atoms. The molecule has 0 saturated carbocycles. The Bertz CT molecular complexity index is 481. The van der Waals surface area contributed by atoms with Crippen LogP contribution in [0.15, 0.2) is 18.2 Å². The molecule has 4 heteroatoms. The maximum Gasteiger partial charge on any atom is 0.125 e. The molecule has 0 amide bonds. The maximum absolute atomic E-state index is 13.5. The highest BCUT2D eigenvalue weighted by Crippen LogP contribution is 2.31. The molecule has 0 radical (unpaired) electrons. The maximum atomic E-state index is 13.5. The molecule has 0 bridgehead atoms. The predicted molar refractivity (Wildman–Crippen MR) is 80.8 cm³/mol. The Morgan fingerprint density at radius 3 is 2.70 bits per heavy atom. The highest BCUT2D eigenvalue weighted by molar-refractivity contribution is 5.58. The first-order valence-electron chi connectivity index (χ1n) is 7.55. The van der Waals surface area contributed by atoms with E-state index in [-0.39, 0.29) is 11.4 Å². The second kappa shape index (κ2) is 5.34. The van der Waals surface area contributed by atoms with Crippen LogP contribution in [0.3, 0.4) is 0 Å². The molecule has 2 aliphatic heterocycles. The molecule has 3 rings (SSSR count). The van der Waals surface area contributed by atoms with Crippen LogP contribution in [-0.2, 0) is 6.42 Å². The molecule has 0 atom stereocenters. The van der Waals surface area contributed by atoms with Crippen molar-refractivity contribution in [1.29, 1.82) is 0 Å². The molecule has 2 aliphatic rings. The van der Waals surface area contributed by atoms with Crippen molar-refractivity contribution in [2.75, 3.05) is 44.2 Å². The molecule has 0 aliphatic carbocycles. The van der Waals surface area contributed by atoms with E-state index in [1.165, 1.54) is 5.56 Å². The second-order valence-electron chi connectivity index (χ2n) is 6.49. The number of hydrogen-bond acceptors (Lipinski definition) is 3. The Hall–Kier alpha value is -1.13. The molecule has 2 heterocycles. The molecule has 1 aromatic rings. The van der Waals surface area contributed by atoms with Gasteiger partial charge < -0.3 is 10.2 Å². The van der Waals surface area contributed by atoms with Crippen LogP contribution in [-0.4, -0.2) is 49.7 Å². The summed E-state index contributed by atoms with van der Waals surface area (Å²) in [5.74, 6) is -0.129. The molecular weight excluding hydrogens is 253 g/mol. The van der Waals surface area contributed by atoms with Gasteiger partial charge in [-0.25, -0.2) is 4.39 Å². The van der Waals surface area contributed by atoms with Gasteiger partial charge in [-0.05, 0) is 38.0 Å². The lowest BCUT2D eigenvalue weighted by Gasteiger charge is -2.43. The van der Waals surface area contributed by atoms with Crippen molar-refractivity contribution in [1.82, 2.24) is 10.2 Å². The first kappa shape index (κ1) is 13.8. The van der Waals surface area contributed by atoms with E-state index in [0.717, 1.165) is 51.4 Å². The van der Waals surface area contributed by atoms with Crippen molar-refractivity contribution < 1.29 is 4.39 Å². The minimum atomic E-state index is -0.129. The number of anilines is 1. The van der Waals surface area contributed by atoms with Crippen molar-refractivity contribution >= 4 is 5.69 Å². The molecule has 20 heavy (non-hydrogen) atoms. The number of piperazine rings is 1. The van der Waals surface area contributed by atoms with Crippen LogP contribution in [0.2, 0.25) is 0 Å². The van der Waals surface area contributed by atoms with Crippen LogP contribution in [0.25, 0.3) is 0 Å². The lowest BCUT2D eigenvalue weighted by molar-refractivity contribution is 0.109. The Balaban J connectivity index is 1.74. The average molecular weight is 277 g/mol. The fourth-order valence-corrected chi connectivity index (χ4v) is 3.42. The highest BCUT2D eigenvalue weighted by atomic mass is 19.1. The van der Waals surface area contributed by atoms with Crippen molar-refractivity contribution in [3.8, 4) is 0 Å².